The van der Waals surface area contributed by atoms with Crippen LogP contribution in [0, 0.1) is 0 Å². The normalized spacial score (nSPS) is 15.9. The van der Waals surface area contributed by atoms with Crippen LogP contribution in [0.3, 0.4) is 0 Å². The van der Waals surface area contributed by atoms with Crippen molar-refractivity contribution in [1.29, 1.82) is 0 Å². The van der Waals surface area contributed by atoms with Crippen LogP contribution in [-0.2, 0) is 19.6 Å². The molecule has 0 unspecified atom stereocenters. The van der Waals surface area contributed by atoms with Crippen molar-refractivity contribution in [2.75, 3.05) is 5.75 Å². The molecule has 0 saturated carbocycles. The van der Waals surface area contributed by atoms with Crippen molar-refractivity contribution in [3.05, 3.63) is 57.5 Å². The average molecular weight is 299 g/mol. The summed E-state index contributed by atoms with van der Waals surface area (Å²) in [6.07, 6.45) is 1.43. The first-order valence-electron chi connectivity index (χ1n) is 6.83. The Hall–Kier alpha value is -2.08. The first kappa shape index (κ1) is 12.6. The van der Waals surface area contributed by atoms with Crippen LogP contribution >= 0.6 is 11.8 Å². The third-order valence-electron chi connectivity index (χ3n) is 3.92. The van der Waals surface area contributed by atoms with Crippen LogP contribution in [-0.4, -0.2) is 26.1 Å². The van der Waals surface area contributed by atoms with Gasteiger partial charge >= 0.3 is 0 Å². The van der Waals surface area contributed by atoms with Crippen LogP contribution in [0.4, 0.5) is 0 Å². The van der Waals surface area contributed by atoms with Gasteiger partial charge in [0, 0.05) is 31.6 Å². The van der Waals surface area contributed by atoms with Crippen molar-refractivity contribution >= 4 is 17.7 Å². The van der Waals surface area contributed by atoms with E-state index in [-0.39, 0.29) is 17.0 Å². The Balaban J connectivity index is 1.67. The van der Waals surface area contributed by atoms with Gasteiger partial charge in [0.15, 0.2) is 5.16 Å². The van der Waals surface area contributed by atoms with E-state index in [0.717, 1.165) is 16.9 Å². The second-order valence-corrected chi connectivity index (χ2v) is 6.25. The van der Waals surface area contributed by atoms with Gasteiger partial charge in [-0.3, -0.25) is 14.2 Å². The largest absolute Gasteiger partial charge is 0.330 e. The highest BCUT2D eigenvalue weighted by Gasteiger charge is 2.27. The minimum absolute atomic E-state index is 0.175. The summed E-state index contributed by atoms with van der Waals surface area (Å²) in [7, 11) is 0. The predicted octanol–water partition coefficient (Wildman–Crippen LogP) is 1.50. The zero-order valence-corrected chi connectivity index (χ0v) is 12.1. The molecule has 2 aliphatic rings. The van der Waals surface area contributed by atoms with Gasteiger partial charge in [0.2, 0.25) is 0 Å². The smallest absolute Gasteiger partial charge is 0.267 e. The lowest BCUT2D eigenvalue weighted by molar-refractivity contribution is 0.0748. The second kappa shape index (κ2) is 4.73. The number of carbonyl (C=O) groups excluding carboxylic acids is 1. The van der Waals surface area contributed by atoms with Crippen molar-refractivity contribution in [3.63, 3.8) is 0 Å². The van der Waals surface area contributed by atoms with E-state index in [0.29, 0.717) is 24.8 Å². The van der Waals surface area contributed by atoms with E-state index >= 15 is 0 Å². The molecule has 0 saturated heterocycles. The number of carbonyl (C=O) groups is 1. The van der Waals surface area contributed by atoms with Gasteiger partial charge in [0.25, 0.3) is 11.5 Å². The number of thioether (sulfide) groups is 1. The monoisotopic (exact) mass is 299 g/mol. The maximum Gasteiger partial charge on any atom is 0.267 e. The van der Waals surface area contributed by atoms with Crippen LogP contribution in [0.5, 0.6) is 0 Å². The molecule has 2 aromatic rings. The fourth-order valence-electron chi connectivity index (χ4n) is 2.81. The van der Waals surface area contributed by atoms with E-state index in [1.165, 1.54) is 6.20 Å². The second-order valence-electron chi connectivity index (χ2n) is 5.19. The van der Waals surface area contributed by atoms with Gasteiger partial charge in [0.05, 0.1) is 0 Å². The molecule has 0 spiro atoms. The molecule has 0 fully saturated rings. The van der Waals surface area contributed by atoms with Gasteiger partial charge < -0.3 is 4.90 Å². The van der Waals surface area contributed by atoms with Crippen molar-refractivity contribution in [2.45, 2.75) is 24.8 Å². The van der Waals surface area contributed by atoms with Gasteiger partial charge in [-0.1, -0.05) is 36.0 Å². The third kappa shape index (κ3) is 1.98. The number of hydrogen-bond acceptors (Lipinski definition) is 4. The van der Waals surface area contributed by atoms with Gasteiger partial charge in [0.1, 0.15) is 5.56 Å². The number of hydrogen-bond donors (Lipinski definition) is 0. The molecule has 2 aliphatic heterocycles. The molecule has 1 aromatic carbocycles. The summed E-state index contributed by atoms with van der Waals surface area (Å²) in [6, 6.07) is 7.98. The standard InChI is InChI=1S/C15H13N3O2S/c19-13(17-8-10-3-1-2-4-11(10)9-17)12-7-16-15-18(14(12)20)5-6-21-15/h1-4,7H,5-6,8-9H2. The van der Waals surface area contributed by atoms with Crippen LogP contribution in [0.15, 0.2) is 40.4 Å². The van der Waals surface area contributed by atoms with E-state index in [1.807, 2.05) is 24.3 Å². The number of rotatable bonds is 1. The van der Waals surface area contributed by atoms with Crippen LogP contribution < -0.4 is 5.56 Å². The Kier molecular flexibility index (Phi) is 2.85. The highest BCUT2D eigenvalue weighted by Crippen LogP contribution is 2.24. The molecule has 0 N–H and O–H groups in total. The zero-order valence-electron chi connectivity index (χ0n) is 11.3. The van der Waals surface area contributed by atoms with Crippen molar-refractivity contribution in [3.8, 4) is 0 Å². The number of fused-ring (bicyclic) bond motifs is 2. The first-order chi connectivity index (χ1) is 10.2. The Labute approximate surface area is 125 Å². The topological polar surface area (TPSA) is 55.2 Å². The number of aromatic nitrogens is 2. The molecule has 1 aromatic heterocycles. The fourth-order valence-corrected chi connectivity index (χ4v) is 3.73. The summed E-state index contributed by atoms with van der Waals surface area (Å²) >= 11 is 1.55. The summed E-state index contributed by atoms with van der Waals surface area (Å²) < 4.78 is 1.60. The highest BCUT2D eigenvalue weighted by atomic mass is 32.2. The molecule has 3 heterocycles. The Bertz CT molecular complexity index is 775. The quantitative estimate of drug-likeness (QED) is 0.749. The molecular formula is C15H13N3O2S. The molecule has 0 atom stereocenters. The molecule has 0 bridgehead atoms. The van der Waals surface area contributed by atoms with Crippen molar-refractivity contribution in [2.24, 2.45) is 0 Å². The van der Waals surface area contributed by atoms with Crippen LogP contribution in [0.2, 0.25) is 0 Å². The lowest BCUT2D eigenvalue weighted by Gasteiger charge is -2.15. The maximum atomic E-state index is 12.6. The molecule has 21 heavy (non-hydrogen) atoms. The van der Waals surface area contributed by atoms with Gasteiger partial charge in [-0.2, -0.15) is 0 Å². The minimum Gasteiger partial charge on any atom is -0.330 e. The average Bonchev–Trinajstić information content (AvgIpc) is 3.13. The highest BCUT2D eigenvalue weighted by molar-refractivity contribution is 7.99. The van der Waals surface area contributed by atoms with E-state index in [2.05, 4.69) is 4.98 Å². The number of amides is 1. The lowest BCUT2D eigenvalue weighted by atomic mass is 10.1. The molecule has 0 aliphatic carbocycles. The molecule has 106 valence electrons. The molecule has 6 heteroatoms. The summed E-state index contributed by atoms with van der Waals surface area (Å²) in [5.41, 5.74) is 2.26. The maximum absolute atomic E-state index is 12.6. The molecule has 0 radical (unpaired) electrons. The SMILES string of the molecule is O=C(c1cnc2n(c1=O)CCS2)N1Cc2ccccc2C1. The van der Waals surface area contributed by atoms with Crippen molar-refractivity contribution < 1.29 is 4.79 Å². The van der Waals surface area contributed by atoms with Gasteiger partial charge in [-0.05, 0) is 11.1 Å². The Morgan fingerprint density at radius 3 is 2.62 bits per heavy atom. The number of nitrogens with zero attached hydrogens (tertiary/aromatic N) is 3. The molecular weight excluding hydrogens is 286 g/mol. The summed E-state index contributed by atoms with van der Waals surface area (Å²) in [6.45, 7) is 1.75. The molecule has 1 amide bonds. The summed E-state index contributed by atoms with van der Waals surface area (Å²) in [4.78, 5) is 30.9. The number of benzene rings is 1. The van der Waals surface area contributed by atoms with Crippen LogP contribution in [0.1, 0.15) is 21.5 Å². The van der Waals surface area contributed by atoms with Gasteiger partial charge in [-0.25, -0.2) is 4.98 Å². The predicted molar refractivity (Wildman–Crippen MR) is 79.2 cm³/mol. The van der Waals surface area contributed by atoms with E-state index < -0.39 is 0 Å². The Morgan fingerprint density at radius 2 is 1.90 bits per heavy atom. The van der Waals surface area contributed by atoms with E-state index in [1.54, 1.807) is 21.2 Å². The minimum atomic E-state index is -0.226. The fraction of sp³-hybridized carbons (Fsp3) is 0.267. The van der Waals surface area contributed by atoms with E-state index in [9.17, 15) is 9.59 Å². The van der Waals surface area contributed by atoms with E-state index in [4.69, 9.17) is 0 Å². The summed E-state index contributed by atoms with van der Waals surface area (Å²) in [5.74, 6) is 0.616. The van der Waals surface area contributed by atoms with Crippen LogP contribution in [0.25, 0.3) is 0 Å². The van der Waals surface area contributed by atoms with Crippen molar-refractivity contribution in [1.82, 2.24) is 14.5 Å². The lowest BCUT2D eigenvalue weighted by Crippen LogP contribution is -2.34. The first-order valence-corrected chi connectivity index (χ1v) is 7.81. The third-order valence-corrected chi connectivity index (χ3v) is 4.89. The molecule has 5 nitrogen and oxygen atoms in total. The Morgan fingerprint density at radius 1 is 1.19 bits per heavy atom. The summed E-state index contributed by atoms with van der Waals surface area (Å²) in [5, 5.41) is 0.709. The molecule has 4 rings (SSSR count). The zero-order chi connectivity index (χ0) is 14.4. The van der Waals surface area contributed by atoms with Gasteiger partial charge in [-0.15, -0.1) is 0 Å².